The average Bonchev–Trinajstić information content (AvgIpc) is 2.84. The minimum atomic E-state index is 0.685. The fourth-order valence-electron chi connectivity index (χ4n) is 1.99. The monoisotopic (exact) mass is 208 g/mol. The number of nitrogens with zero attached hydrogens (tertiary/aromatic N) is 2. The Morgan fingerprint density at radius 1 is 1.67 bits per heavy atom. The second-order valence-corrected chi connectivity index (χ2v) is 4.28. The van der Waals surface area contributed by atoms with Crippen LogP contribution in [0.1, 0.15) is 18.4 Å². The van der Waals surface area contributed by atoms with Crippen LogP contribution < -0.4 is 10.6 Å². The molecule has 0 aromatic carbocycles. The van der Waals surface area contributed by atoms with Crippen LogP contribution in [0.25, 0.3) is 0 Å². The third kappa shape index (κ3) is 3.32. The Morgan fingerprint density at radius 2 is 2.60 bits per heavy atom. The Kier molecular flexibility index (Phi) is 3.75. The second kappa shape index (κ2) is 5.28. The lowest BCUT2D eigenvalue weighted by Gasteiger charge is -2.11. The van der Waals surface area contributed by atoms with Crippen LogP contribution in [0.4, 0.5) is 0 Å². The summed E-state index contributed by atoms with van der Waals surface area (Å²) in [5, 5.41) is 11.2. The molecule has 1 saturated heterocycles. The summed E-state index contributed by atoms with van der Waals surface area (Å²) in [7, 11) is 0. The van der Waals surface area contributed by atoms with E-state index in [9.17, 15) is 0 Å². The van der Waals surface area contributed by atoms with Gasteiger partial charge in [-0.1, -0.05) is 0 Å². The number of hydrogen-bond donors (Lipinski definition) is 2. The largest absolute Gasteiger partial charge is 0.313 e. The molecule has 1 aromatic heterocycles. The molecule has 0 bridgehead atoms. The molecular weight excluding hydrogens is 188 g/mol. The van der Waals surface area contributed by atoms with Gasteiger partial charge in [0.15, 0.2) is 0 Å². The summed E-state index contributed by atoms with van der Waals surface area (Å²) in [4.78, 5) is 0. The van der Waals surface area contributed by atoms with E-state index in [1.54, 1.807) is 0 Å². The molecule has 1 atom stereocenters. The van der Waals surface area contributed by atoms with Gasteiger partial charge in [-0.25, -0.2) is 0 Å². The van der Waals surface area contributed by atoms with Crippen molar-refractivity contribution >= 4 is 0 Å². The van der Waals surface area contributed by atoms with E-state index in [-0.39, 0.29) is 0 Å². The summed E-state index contributed by atoms with van der Waals surface area (Å²) < 4.78 is 1.99. The predicted octanol–water partition coefficient (Wildman–Crippen LogP) is 0.533. The van der Waals surface area contributed by atoms with Crippen molar-refractivity contribution in [2.45, 2.75) is 32.4 Å². The van der Waals surface area contributed by atoms with Crippen molar-refractivity contribution in [1.82, 2.24) is 20.4 Å². The first-order valence-corrected chi connectivity index (χ1v) is 5.78. The Morgan fingerprint density at radius 3 is 3.27 bits per heavy atom. The molecular formula is C11H20N4. The van der Waals surface area contributed by atoms with Gasteiger partial charge in [-0.3, -0.25) is 4.68 Å². The van der Waals surface area contributed by atoms with Crippen molar-refractivity contribution in [2.24, 2.45) is 0 Å². The Hall–Kier alpha value is -0.870. The number of aryl methyl sites for hydroxylation is 1. The van der Waals surface area contributed by atoms with Crippen LogP contribution in [0.5, 0.6) is 0 Å². The highest BCUT2D eigenvalue weighted by atomic mass is 15.3. The summed E-state index contributed by atoms with van der Waals surface area (Å²) >= 11 is 0. The average molecular weight is 208 g/mol. The highest BCUT2D eigenvalue weighted by molar-refractivity contribution is 4.99. The highest BCUT2D eigenvalue weighted by Gasteiger charge is 2.12. The van der Waals surface area contributed by atoms with E-state index >= 15 is 0 Å². The van der Waals surface area contributed by atoms with Crippen molar-refractivity contribution < 1.29 is 0 Å². The molecule has 0 radical (unpaired) electrons. The van der Waals surface area contributed by atoms with E-state index in [1.807, 2.05) is 10.9 Å². The Labute approximate surface area is 91.1 Å². The van der Waals surface area contributed by atoms with E-state index in [0.29, 0.717) is 6.04 Å². The lowest BCUT2D eigenvalue weighted by atomic mass is 10.2. The molecule has 1 fully saturated rings. The summed E-state index contributed by atoms with van der Waals surface area (Å²) in [5.41, 5.74) is 1.23. The molecule has 4 nitrogen and oxygen atoms in total. The van der Waals surface area contributed by atoms with Crippen LogP contribution in [-0.2, 0) is 6.54 Å². The van der Waals surface area contributed by atoms with Gasteiger partial charge in [0.2, 0.25) is 0 Å². The predicted molar refractivity (Wildman–Crippen MR) is 60.9 cm³/mol. The van der Waals surface area contributed by atoms with Gasteiger partial charge in [0.25, 0.3) is 0 Å². The van der Waals surface area contributed by atoms with Gasteiger partial charge in [-0.05, 0) is 31.9 Å². The minimum absolute atomic E-state index is 0.685. The Bertz CT molecular complexity index is 289. The van der Waals surface area contributed by atoms with Crippen LogP contribution >= 0.6 is 0 Å². The van der Waals surface area contributed by atoms with E-state index in [4.69, 9.17) is 0 Å². The van der Waals surface area contributed by atoms with Crippen molar-refractivity contribution in [1.29, 1.82) is 0 Å². The van der Waals surface area contributed by atoms with Crippen LogP contribution in [0, 0.1) is 6.92 Å². The summed E-state index contributed by atoms with van der Waals surface area (Å²) in [6.07, 6.45) is 6.62. The smallest absolute Gasteiger partial charge is 0.0534 e. The van der Waals surface area contributed by atoms with Gasteiger partial charge >= 0.3 is 0 Å². The number of nitrogens with one attached hydrogen (secondary N) is 2. The molecule has 2 rings (SSSR count). The van der Waals surface area contributed by atoms with E-state index < -0.39 is 0 Å². The van der Waals surface area contributed by atoms with Crippen LogP contribution in [0.15, 0.2) is 12.4 Å². The molecule has 1 aliphatic rings. The highest BCUT2D eigenvalue weighted by Crippen LogP contribution is 2.02. The molecule has 2 N–H and O–H groups in total. The zero-order chi connectivity index (χ0) is 10.5. The molecule has 2 heterocycles. The SMILES string of the molecule is Cc1cnn(CCNCC2CCCN2)c1. The van der Waals surface area contributed by atoms with Crippen LogP contribution in [0.3, 0.4) is 0 Å². The van der Waals surface area contributed by atoms with Gasteiger partial charge in [0, 0.05) is 25.3 Å². The summed E-state index contributed by atoms with van der Waals surface area (Å²) in [5.74, 6) is 0. The zero-order valence-electron chi connectivity index (χ0n) is 9.37. The van der Waals surface area contributed by atoms with E-state index in [1.165, 1.54) is 24.9 Å². The normalized spacial score (nSPS) is 21.0. The first kappa shape index (κ1) is 10.6. The lowest BCUT2D eigenvalue weighted by molar-refractivity contribution is 0.500. The third-order valence-corrected chi connectivity index (χ3v) is 2.83. The summed E-state index contributed by atoms with van der Waals surface area (Å²) in [6, 6.07) is 0.685. The molecule has 15 heavy (non-hydrogen) atoms. The van der Waals surface area contributed by atoms with Crippen molar-refractivity contribution in [2.75, 3.05) is 19.6 Å². The van der Waals surface area contributed by atoms with Gasteiger partial charge in [0.1, 0.15) is 0 Å². The van der Waals surface area contributed by atoms with Gasteiger partial charge < -0.3 is 10.6 Å². The molecule has 0 saturated carbocycles. The first-order chi connectivity index (χ1) is 7.34. The maximum absolute atomic E-state index is 4.25. The van der Waals surface area contributed by atoms with Crippen molar-refractivity contribution in [3.8, 4) is 0 Å². The van der Waals surface area contributed by atoms with Crippen molar-refractivity contribution in [3.63, 3.8) is 0 Å². The van der Waals surface area contributed by atoms with Gasteiger partial charge in [-0.2, -0.15) is 5.10 Å². The molecule has 84 valence electrons. The maximum atomic E-state index is 4.25. The minimum Gasteiger partial charge on any atom is -0.313 e. The molecule has 0 spiro atoms. The maximum Gasteiger partial charge on any atom is 0.0534 e. The second-order valence-electron chi connectivity index (χ2n) is 4.28. The summed E-state index contributed by atoms with van der Waals surface area (Å²) in [6.45, 7) is 6.30. The molecule has 0 amide bonds. The number of aromatic nitrogens is 2. The number of rotatable bonds is 5. The Balaban J connectivity index is 1.58. The van der Waals surface area contributed by atoms with Crippen molar-refractivity contribution in [3.05, 3.63) is 18.0 Å². The number of hydrogen-bond acceptors (Lipinski definition) is 3. The quantitative estimate of drug-likeness (QED) is 0.694. The zero-order valence-corrected chi connectivity index (χ0v) is 9.37. The van der Waals surface area contributed by atoms with Crippen LogP contribution in [-0.4, -0.2) is 35.5 Å². The van der Waals surface area contributed by atoms with E-state index in [2.05, 4.69) is 28.9 Å². The van der Waals surface area contributed by atoms with Crippen LogP contribution in [0.2, 0.25) is 0 Å². The lowest BCUT2D eigenvalue weighted by Crippen LogP contribution is -2.35. The molecule has 1 aromatic rings. The molecule has 4 heteroatoms. The molecule has 1 aliphatic heterocycles. The molecule has 1 unspecified atom stereocenters. The fourth-order valence-corrected chi connectivity index (χ4v) is 1.99. The molecule has 0 aliphatic carbocycles. The first-order valence-electron chi connectivity index (χ1n) is 5.78. The van der Waals surface area contributed by atoms with Gasteiger partial charge in [-0.15, -0.1) is 0 Å². The topological polar surface area (TPSA) is 41.9 Å². The fraction of sp³-hybridized carbons (Fsp3) is 0.727. The van der Waals surface area contributed by atoms with Gasteiger partial charge in [0.05, 0.1) is 12.7 Å². The standard InChI is InChI=1S/C11H20N4/c1-10-7-14-15(9-10)6-5-12-8-11-3-2-4-13-11/h7,9,11-13H,2-6,8H2,1H3. The van der Waals surface area contributed by atoms with E-state index in [0.717, 1.165) is 19.6 Å². The third-order valence-electron chi connectivity index (χ3n) is 2.83.